The molecule has 0 saturated heterocycles. The lowest BCUT2D eigenvalue weighted by Gasteiger charge is -2.49. The Balaban J connectivity index is 7.99. The van der Waals surface area contributed by atoms with Crippen molar-refractivity contribution in [3.63, 3.8) is 0 Å². The van der Waals surface area contributed by atoms with Crippen LogP contribution in [0.4, 0.5) is 158 Å². The summed E-state index contributed by atoms with van der Waals surface area (Å²) in [5.74, 6) is -79.7. The van der Waals surface area contributed by atoms with E-state index in [0.29, 0.717) is 4.74 Å². The van der Waals surface area contributed by atoms with Crippen LogP contribution in [0.2, 0.25) is 0 Å². The fourth-order valence-corrected chi connectivity index (χ4v) is 3.01. The van der Waals surface area contributed by atoms with Crippen LogP contribution in [0, 0.1) is 0 Å². The van der Waals surface area contributed by atoms with E-state index in [1.807, 2.05) is 0 Å². The molecule has 0 aliphatic carbocycles. The molecule has 0 aliphatic heterocycles. The van der Waals surface area contributed by atoms with Gasteiger partial charge >= 0.3 is 102 Å². The highest BCUT2D eigenvalue weighted by atomic mass is 19.4. The van der Waals surface area contributed by atoms with E-state index in [1.165, 1.54) is 0 Å². The van der Waals surface area contributed by atoms with Crippen molar-refractivity contribution in [2.24, 2.45) is 0 Å². The van der Waals surface area contributed by atoms with Gasteiger partial charge in [0.25, 0.3) is 5.60 Å². The monoisotopic (exact) mass is 982 g/mol. The molecule has 0 aromatic rings. The topological polar surface area (TPSA) is 68.2 Å². The molecular weight excluding hydrogens is 980 g/mol. The number of rotatable bonds is 18. The number of alkyl halides is 36. The second-order valence-electron chi connectivity index (χ2n) is 10.2. The predicted octanol–water partition coefficient (Wildman–Crippen LogP) is 10.1. The molecule has 0 bridgehead atoms. The molecule has 0 fully saturated rings. The van der Waals surface area contributed by atoms with E-state index in [4.69, 9.17) is 10.2 Å². The van der Waals surface area contributed by atoms with Crippen LogP contribution in [0.1, 0.15) is 0 Å². The van der Waals surface area contributed by atoms with E-state index in [9.17, 15) is 158 Å². The van der Waals surface area contributed by atoms with Crippen LogP contribution in [0.5, 0.6) is 0 Å². The van der Waals surface area contributed by atoms with Crippen LogP contribution in [0.25, 0.3) is 0 Å². The number of ether oxygens (including phenoxy) is 3. The summed E-state index contributed by atoms with van der Waals surface area (Å²) in [5.41, 5.74) is -10.2. The number of hydrogen-bond acceptors (Lipinski definition) is 5. The third kappa shape index (κ3) is 7.86. The fourth-order valence-electron chi connectivity index (χ4n) is 3.01. The van der Waals surface area contributed by atoms with Crippen LogP contribution >= 0.6 is 0 Å². The predicted molar refractivity (Wildman–Crippen MR) is 96.7 cm³/mol. The van der Waals surface area contributed by atoms with Crippen LogP contribution in [0.15, 0.2) is 0 Å². The first-order valence-corrected chi connectivity index (χ1v) is 12.0. The zero-order valence-electron chi connectivity index (χ0n) is 24.7. The minimum absolute atomic E-state index is 0.597. The zero-order chi connectivity index (χ0) is 49.1. The maximum atomic E-state index is 14.5. The molecule has 0 aliphatic rings. The summed E-state index contributed by atoms with van der Waals surface area (Å²) in [6.45, 7) is 0. The van der Waals surface area contributed by atoms with Gasteiger partial charge < -0.3 is 10.2 Å². The van der Waals surface area contributed by atoms with Crippen molar-refractivity contribution in [3.8, 4) is 0 Å². The molecule has 5 nitrogen and oxygen atoms in total. The highest BCUT2D eigenvalue weighted by molar-refractivity contribution is 5.22. The van der Waals surface area contributed by atoms with E-state index in [2.05, 4.69) is 0 Å². The second-order valence-corrected chi connectivity index (χ2v) is 10.2. The van der Waals surface area contributed by atoms with Gasteiger partial charge in [-0.2, -0.15) is 158 Å². The molecule has 1 atom stereocenters. The summed E-state index contributed by atoms with van der Waals surface area (Å²) in [4.78, 5) is 0. The van der Waals surface area contributed by atoms with Crippen molar-refractivity contribution in [2.45, 2.75) is 108 Å². The minimum Gasteiger partial charge on any atom is -0.371 e. The Morgan fingerprint density at radius 2 is 0.390 bits per heavy atom. The van der Waals surface area contributed by atoms with Gasteiger partial charge in [-0.15, -0.1) is 0 Å². The standard InChI is InChI=1S/C18H2F36O5/c19-2(20,4(23,24)5(25,26)6(27,28)7(29,30)8(31,32)9(33,34)11(38,39)40)1(55,3(21,22)10(35,36)37)13(43,44)57-15(47,48)17(51,52)59-18(53,54)16(49,50)58-14(45,46)12(41,42)56/h55-56H. The van der Waals surface area contributed by atoms with Gasteiger partial charge in [0.05, 0.1) is 0 Å². The third-order valence-electron chi connectivity index (χ3n) is 6.21. The molecule has 0 saturated carbocycles. The van der Waals surface area contributed by atoms with Gasteiger partial charge in [-0.05, 0) is 0 Å². The molecule has 356 valence electrons. The summed E-state index contributed by atoms with van der Waals surface area (Å²) in [5, 5.41) is 16.4. The first-order chi connectivity index (χ1) is 24.6. The van der Waals surface area contributed by atoms with Gasteiger partial charge in [-0.3, -0.25) is 0 Å². The van der Waals surface area contributed by atoms with Crippen molar-refractivity contribution in [1.82, 2.24) is 0 Å². The van der Waals surface area contributed by atoms with E-state index in [0.717, 1.165) is 9.47 Å². The van der Waals surface area contributed by atoms with Crippen molar-refractivity contribution in [3.05, 3.63) is 0 Å². The van der Waals surface area contributed by atoms with E-state index >= 15 is 0 Å². The van der Waals surface area contributed by atoms with E-state index in [1.54, 1.807) is 0 Å². The number of halogens is 36. The SMILES string of the molecule is OC(F)(F)C(F)(F)OC(F)(F)C(F)(F)OC(F)(F)C(F)(F)OC(F)(F)C(O)(C(F)(F)C(F)(F)F)C(F)(F)C(F)(F)C(F)(F)C(F)(F)C(F)(F)C(F)(F)C(F)(F)C(F)(F)F. The molecule has 0 rings (SSSR count). The molecule has 0 heterocycles. The molecule has 0 amide bonds. The van der Waals surface area contributed by atoms with Crippen LogP contribution in [0.3, 0.4) is 0 Å². The highest BCUT2D eigenvalue weighted by Gasteiger charge is 3.01. The largest absolute Gasteiger partial charge is 0.460 e. The summed E-state index contributed by atoms with van der Waals surface area (Å²) in [6, 6.07) is 0. The van der Waals surface area contributed by atoms with Gasteiger partial charge in [0.2, 0.25) is 0 Å². The van der Waals surface area contributed by atoms with E-state index < -0.39 is 108 Å². The minimum atomic E-state index is -10.5. The molecule has 59 heavy (non-hydrogen) atoms. The number of hydrogen-bond donors (Lipinski definition) is 2. The molecule has 0 spiro atoms. The average Bonchev–Trinajstić information content (AvgIpc) is 2.92. The normalized spacial score (nSPS) is 18.0. The highest BCUT2D eigenvalue weighted by Crippen LogP contribution is 2.68. The smallest absolute Gasteiger partial charge is 0.371 e. The van der Waals surface area contributed by atoms with Gasteiger partial charge in [0, 0.05) is 0 Å². The third-order valence-corrected chi connectivity index (χ3v) is 6.21. The molecule has 0 aromatic carbocycles. The zero-order valence-corrected chi connectivity index (χ0v) is 24.7. The Kier molecular flexibility index (Phi) is 13.3. The van der Waals surface area contributed by atoms with Gasteiger partial charge in [0.1, 0.15) is 0 Å². The molecule has 0 aromatic heterocycles. The van der Waals surface area contributed by atoms with Gasteiger partial charge in [-0.1, -0.05) is 0 Å². The van der Waals surface area contributed by atoms with Crippen molar-refractivity contribution < 1.29 is 182 Å². The second kappa shape index (κ2) is 13.9. The van der Waals surface area contributed by atoms with Gasteiger partial charge in [0.15, 0.2) is 0 Å². The molecule has 0 radical (unpaired) electrons. The number of aliphatic hydroxyl groups is 2. The summed E-state index contributed by atoms with van der Waals surface area (Å²) >= 11 is 0. The Morgan fingerprint density at radius 1 is 0.203 bits per heavy atom. The summed E-state index contributed by atoms with van der Waals surface area (Å²) in [7, 11) is 0. The molecule has 2 N–H and O–H groups in total. The van der Waals surface area contributed by atoms with Crippen molar-refractivity contribution >= 4 is 0 Å². The maximum absolute atomic E-state index is 14.5. The van der Waals surface area contributed by atoms with Crippen LogP contribution in [-0.2, 0) is 14.2 Å². The van der Waals surface area contributed by atoms with Crippen LogP contribution < -0.4 is 0 Å². The average molecular weight is 982 g/mol. The molecule has 41 heteroatoms. The Hall–Kier alpha value is -2.72. The van der Waals surface area contributed by atoms with Gasteiger partial charge in [-0.25, -0.2) is 14.2 Å². The Morgan fingerprint density at radius 3 is 0.610 bits per heavy atom. The Labute approximate surface area is 292 Å². The summed E-state index contributed by atoms with van der Waals surface area (Å²) < 4.78 is 484. The lowest BCUT2D eigenvalue weighted by atomic mass is 9.78. The van der Waals surface area contributed by atoms with Crippen LogP contribution in [-0.4, -0.2) is 118 Å². The quantitative estimate of drug-likeness (QED) is 0.134. The lowest BCUT2D eigenvalue weighted by molar-refractivity contribution is -0.583. The molecule has 1 unspecified atom stereocenters. The van der Waals surface area contributed by atoms with Crippen molar-refractivity contribution in [1.29, 1.82) is 0 Å². The first-order valence-electron chi connectivity index (χ1n) is 12.0. The fraction of sp³-hybridized carbons (Fsp3) is 1.00. The summed E-state index contributed by atoms with van der Waals surface area (Å²) in [6.07, 6.45) is -77.1. The Bertz CT molecular complexity index is 1500. The maximum Gasteiger partial charge on any atom is 0.460 e. The lowest BCUT2D eigenvalue weighted by Crippen LogP contribution is -2.83. The molecular formula is C18H2F36O5. The first kappa shape index (κ1) is 56.3. The van der Waals surface area contributed by atoms with Crippen molar-refractivity contribution in [2.75, 3.05) is 0 Å². The van der Waals surface area contributed by atoms with E-state index in [-0.39, 0.29) is 0 Å².